The lowest BCUT2D eigenvalue weighted by atomic mass is 9.59. The van der Waals surface area contributed by atoms with E-state index in [9.17, 15) is 9.59 Å². The molecule has 3 aliphatic rings. The summed E-state index contributed by atoms with van der Waals surface area (Å²) in [7, 11) is 1.56. The van der Waals surface area contributed by atoms with Crippen LogP contribution in [0.25, 0.3) is 21.5 Å². The van der Waals surface area contributed by atoms with Crippen LogP contribution in [0.2, 0.25) is 0 Å². The third kappa shape index (κ3) is 2.15. The minimum Gasteiger partial charge on any atom is -0.632 e. The Balaban J connectivity index is 1.69. The Morgan fingerprint density at radius 2 is 0.921 bits per heavy atom. The van der Waals surface area contributed by atoms with Gasteiger partial charge in [-0.05, 0) is 21.5 Å². The van der Waals surface area contributed by atoms with Crippen molar-refractivity contribution in [3.05, 3.63) is 137 Å². The number of rotatable bonds is 2. The highest BCUT2D eigenvalue weighted by atomic mass is 16.5. The van der Waals surface area contributed by atoms with Crippen molar-refractivity contribution in [1.29, 1.82) is 0 Å². The molecule has 2 amide bonds. The molecule has 38 heavy (non-hydrogen) atoms. The lowest BCUT2D eigenvalue weighted by molar-refractivity contribution is -0.937. The fourth-order valence-corrected chi connectivity index (χ4v) is 8.09. The van der Waals surface area contributed by atoms with Gasteiger partial charge in [0.15, 0.2) is 11.1 Å². The first kappa shape index (κ1) is 21.7. The summed E-state index contributed by atoms with van der Waals surface area (Å²) in [5, 5.41) is 19.4. The number of nitrogens with zero attached hydrogens (tertiary/aromatic N) is 1. The van der Waals surface area contributed by atoms with Crippen molar-refractivity contribution in [2.45, 2.75) is 11.1 Å². The second-order valence-corrected chi connectivity index (χ2v) is 10.7. The maximum absolute atomic E-state index is 15.4. The van der Waals surface area contributed by atoms with E-state index in [1.165, 1.54) is 4.90 Å². The minimum absolute atomic E-state index is 0.0660. The molecule has 5 aromatic carbocycles. The molecule has 5 atom stereocenters. The van der Waals surface area contributed by atoms with E-state index in [1.54, 1.807) is 7.05 Å². The number of likely N-dealkylation sites (tertiary alicyclic amines) is 1. The van der Waals surface area contributed by atoms with E-state index >= 15 is 5.21 Å². The molecule has 1 N–H and O–H groups in total. The van der Waals surface area contributed by atoms with Gasteiger partial charge in [-0.3, -0.25) is 14.5 Å². The van der Waals surface area contributed by atoms with Crippen molar-refractivity contribution in [3.63, 3.8) is 0 Å². The lowest BCUT2D eigenvalue weighted by Crippen LogP contribution is -3.17. The molecule has 8 rings (SSSR count). The van der Waals surface area contributed by atoms with Crippen LogP contribution in [-0.4, -0.2) is 23.8 Å². The highest BCUT2D eigenvalue weighted by Crippen LogP contribution is 2.65. The summed E-state index contributed by atoms with van der Waals surface area (Å²) in [6.07, 6.45) is 0. The normalized spacial score (nSPS) is 29.3. The third-order valence-corrected chi connectivity index (χ3v) is 9.36. The molecule has 5 heteroatoms. The Labute approximate surface area is 219 Å². The van der Waals surface area contributed by atoms with Gasteiger partial charge in [0.05, 0.1) is 0 Å². The van der Waals surface area contributed by atoms with Gasteiger partial charge in [0, 0.05) is 29.3 Å². The molecule has 0 radical (unpaired) electrons. The predicted molar refractivity (Wildman–Crippen MR) is 145 cm³/mol. The number of carbonyl (C=O) groups is 2. The molecule has 2 fully saturated rings. The summed E-state index contributed by atoms with van der Waals surface area (Å²) in [4.78, 5) is 29.4. The smallest absolute Gasteiger partial charge is 0.240 e. The second kappa shape index (κ2) is 7.16. The number of benzene rings is 5. The number of imide groups is 1. The van der Waals surface area contributed by atoms with E-state index in [-0.39, 0.29) is 16.9 Å². The molecule has 2 saturated heterocycles. The number of fused-ring (bicyclic) bond motifs is 13. The molecule has 0 aromatic heterocycles. The molecule has 3 unspecified atom stereocenters. The van der Waals surface area contributed by atoms with Gasteiger partial charge in [0.2, 0.25) is 11.8 Å². The van der Waals surface area contributed by atoms with Gasteiger partial charge >= 0.3 is 0 Å². The van der Waals surface area contributed by atoms with Crippen molar-refractivity contribution < 1.29 is 14.7 Å². The van der Waals surface area contributed by atoms with Crippen LogP contribution in [0.4, 0.5) is 0 Å². The van der Waals surface area contributed by atoms with E-state index in [0.717, 1.165) is 43.8 Å². The SMILES string of the molecule is CN1C(=O)C2C(C1=O)[C@@]1(c3ccccc3)c3c(c4ccccc4c4ccccc34)[C@]2(c2ccccc2)[NH+]1[O-]. The molecule has 2 bridgehead atoms. The number of amides is 2. The second-order valence-electron chi connectivity index (χ2n) is 10.7. The predicted octanol–water partition coefficient (Wildman–Crippen LogP) is 4.12. The summed E-state index contributed by atoms with van der Waals surface area (Å²) in [6.45, 7) is 0. The van der Waals surface area contributed by atoms with Crippen LogP contribution in [-0.2, 0) is 20.7 Å². The van der Waals surface area contributed by atoms with E-state index < -0.39 is 22.9 Å². The molecular formula is C33H24N2O3. The summed E-state index contributed by atoms with van der Waals surface area (Å²) in [5.74, 6) is -2.19. The van der Waals surface area contributed by atoms with Gasteiger partial charge in [-0.15, -0.1) is 0 Å². The Morgan fingerprint density at radius 1 is 0.579 bits per heavy atom. The third-order valence-electron chi connectivity index (χ3n) is 9.36. The van der Waals surface area contributed by atoms with Crippen molar-refractivity contribution in [1.82, 2.24) is 4.90 Å². The average molecular weight is 497 g/mol. The van der Waals surface area contributed by atoms with E-state index in [4.69, 9.17) is 0 Å². The van der Waals surface area contributed by atoms with Gasteiger partial charge in [-0.1, -0.05) is 109 Å². The maximum Gasteiger partial charge on any atom is 0.240 e. The summed E-state index contributed by atoms with van der Waals surface area (Å²) < 4.78 is 0. The van der Waals surface area contributed by atoms with Gasteiger partial charge in [-0.2, -0.15) is 0 Å². The lowest BCUT2D eigenvalue weighted by Gasteiger charge is -2.42. The number of hydroxylamine groups is 2. The van der Waals surface area contributed by atoms with Crippen LogP contribution >= 0.6 is 0 Å². The first-order chi connectivity index (χ1) is 18.6. The van der Waals surface area contributed by atoms with Gasteiger partial charge in [-0.25, -0.2) is 0 Å². The highest BCUT2D eigenvalue weighted by molar-refractivity contribution is 6.15. The molecule has 5 aromatic rings. The van der Waals surface area contributed by atoms with Gasteiger partial charge in [0.1, 0.15) is 11.8 Å². The molecule has 0 aliphatic carbocycles. The zero-order chi connectivity index (χ0) is 25.8. The van der Waals surface area contributed by atoms with E-state index in [1.807, 2.05) is 84.9 Å². The largest absolute Gasteiger partial charge is 0.632 e. The van der Waals surface area contributed by atoms with Gasteiger partial charge < -0.3 is 10.3 Å². The van der Waals surface area contributed by atoms with Crippen molar-refractivity contribution in [2.24, 2.45) is 11.8 Å². The molecule has 3 heterocycles. The summed E-state index contributed by atoms with van der Waals surface area (Å²) in [6, 6.07) is 35.6. The summed E-state index contributed by atoms with van der Waals surface area (Å²) in [5.41, 5.74) is 0.743. The number of hydrogen-bond donors (Lipinski definition) is 1. The fraction of sp³-hybridized carbons (Fsp3) is 0.152. The van der Waals surface area contributed by atoms with Crippen LogP contribution in [0, 0.1) is 17.0 Å². The van der Waals surface area contributed by atoms with Crippen molar-refractivity contribution in [2.75, 3.05) is 7.05 Å². The van der Waals surface area contributed by atoms with Crippen LogP contribution in [0.3, 0.4) is 0 Å². The van der Waals surface area contributed by atoms with E-state index in [0.29, 0.717) is 0 Å². The Kier molecular flexibility index (Phi) is 4.10. The van der Waals surface area contributed by atoms with Crippen molar-refractivity contribution in [3.8, 4) is 0 Å². The van der Waals surface area contributed by atoms with Gasteiger partial charge in [0.25, 0.3) is 0 Å². The monoisotopic (exact) mass is 496 g/mol. The van der Waals surface area contributed by atoms with Crippen molar-refractivity contribution >= 4 is 33.4 Å². The average Bonchev–Trinajstić information content (AvgIpc) is 3.47. The molecule has 5 nitrogen and oxygen atoms in total. The molecule has 3 aliphatic heterocycles. The Hall–Kier alpha value is -4.32. The molecule has 0 saturated carbocycles. The first-order valence-corrected chi connectivity index (χ1v) is 13.0. The first-order valence-electron chi connectivity index (χ1n) is 13.0. The Morgan fingerprint density at radius 3 is 1.32 bits per heavy atom. The van der Waals surface area contributed by atoms with Crippen LogP contribution in [0.5, 0.6) is 0 Å². The number of nitrogens with one attached hydrogen (secondary N) is 1. The molecular weight excluding hydrogens is 472 g/mol. The fourth-order valence-electron chi connectivity index (χ4n) is 8.09. The van der Waals surface area contributed by atoms with Crippen LogP contribution < -0.4 is 5.06 Å². The number of carbonyl (C=O) groups excluding carboxylic acids is 2. The van der Waals surface area contributed by atoms with E-state index in [2.05, 4.69) is 24.3 Å². The summed E-state index contributed by atoms with van der Waals surface area (Å²) >= 11 is 0. The zero-order valence-corrected chi connectivity index (χ0v) is 20.7. The van der Waals surface area contributed by atoms with Crippen LogP contribution in [0.15, 0.2) is 109 Å². The maximum atomic E-state index is 15.4. The standard InChI is InChI=1S/C33H24N2O3/c1-34-30(36)28-29(31(34)37)33(21-14-6-3-7-15-21)27-25-19-11-9-17-23(25)22-16-8-10-18-24(22)26(27)32(28,35(33)38)20-12-4-2-5-13-20/h2-19,28-29,35H,1H3/t28?,29?,32-,33+. The Bertz CT molecular complexity index is 1690. The quantitative estimate of drug-likeness (QED) is 0.227. The molecule has 184 valence electrons. The number of hydrogen-bond acceptors (Lipinski definition) is 3. The zero-order valence-electron chi connectivity index (χ0n) is 20.7. The molecule has 0 spiro atoms. The highest BCUT2D eigenvalue weighted by Gasteiger charge is 2.83. The topological polar surface area (TPSA) is 64.9 Å². The number of quaternary nitrogens is 1. The van der Waals surface area contributed by atoms with Crippen LogP contribution in [0.1, 0.15) is 22.3 Å². The minimum atomic E-state index is -1.28.